The summed E-state index contributed by atoms with van der Waals surface area (Å²) in [5.41, 5.74) is 0.562. The Morgan fingerprint density at radius 2 is 2.00 bits per heavy atom. The summed E-state index contributed by atoms with van der Waals surface area (Å²) in [5.74, 6) is 0.739. The fraction of sp³-hybridized carbons (Fsp3) is 0.923. The van der Waals surface area contributed by atoms with Crippen LogP contribution in [0.15, 0.2) is 0 Å². The van der Waals surface area contributed by atoms with E-state index < -0.39 is 0 Å². The van der Waals surface area contributed by atoms with E-state index in [1.807, 2.05) is 4.90 Å². The van der Waals surface area contributed by atoms with E-state index in [9.17, 15) is 4.79 Å². The zero-order valence-electron chi connectivity index (χ0n) is 10.9. The second-order valence-corrected chi connectivity index (χ2v) is 6.15. The number of carbonyl (C=O) groups is 1. The predicted molar refractivity (Wildman–Crippen MR) is 63.1 cm³/mol. The second kappa shape index (κ2) is 3.73. The molecule has 0 aliphatic carbocycles. The Balaban J connectivity index is 2.23. The van der Waals surface area contributed by atoms with Gasteiger partial charge in [0.2, 0.25) is 5.91 Å². The molecule has 2 heterocycles. The maximum atomic E-state index is 11.5. The summed E-state index contributed by atoms with van der Waals surface area (Å²) in [6.45, 7) is 12.1. The number of carbonyl (C=O) groups excluding carboxylic acids is 1. The standard InChI is InChI=1S/C13H23NO2/c1-10-7-14(11(2)15)6-5-12(3,4)13(10)8-16-9-13/h10H,5-9H2,1-4H3. The molecular weight excluding hydrogens is 202 g/mol. The number of rotatable bonds is 0. The Morgan fingerprint density at radius 1 is 1.38 bits per heavy atom. The van der Waals surface area contributed by atoms with Crippen LogP contribution >= 0.6 is 0 Å². The number of nitrogens with zero attached hydrogens (tertiary/aromatic N) is 1. The van der Waals surface area contributed by atoms with Gasteiger partial charge < -0.3 is 9.64 Å². The first kappa shape index (κ1) is 11.9. The molecule has 0 aromatic rings. The Labute approximate surface area is 98.1 Å². The molecular formula is C13H23NO2. The van der Waals surface area contributed by atoms with Crippen LogP contribution in [0, 0.1) is 16.7 Å². The Hall–Kier alpha value is -0.570. The van der Waals surface area contributed by atoms with Crippen molar-refractivity contribution in [1.29, 1.82) is 0 Å². The number of hydrogen-bond donors (Lipinski definition) is 0. The SMILES string of the molecule is CC(=O)N1CCC(C)(C)C2(COC2)C(C)C1. The van der Waals surface area contributed by atoms with Gasteiger partial charge in [-0.1, -0.05) is 20.8 Å². The summed E-state index contributed by atoms with van der Waals surface area (Å²) in [7, 11) is 0. The molecule has 0 aromatic heterocycles. The molecule has 2 saturated heterocycles. The molecule has 1 spiro atoms. The second-order valence-electron chi connectivity index (χ2n) is 6.15. The highest BCUT2D eigenvalue weighted by atomic mass is 16.5. The van der Waals surface area contributed by atoms with Crippen molar-refractivity contribution >= 4 is 5.91 Å². The summed E-state index contributed by atoms with van der Waals surface area (Å²) in [6, 6.07) is 0. The predicted octanol–water partition coefficient (Wildman–Crippen LogP) is 1.92. The van der Waals surface area contributed by atoms with Crippen molar-refractivity contribution in [2.75, 3.05) is 26.3 Å². The zero-order valence-corrected chi connectivity index (χ0v) is 10.9. The summed E-state index contributed by atoms with van der Waals surface area (Å²) < 4.78 is 5.47. The lowest BCUT2D eigenvalue weighted by Crippen LogP contribution is -2.57. The lowest BCUT2D eigenvalue weighted by atomic mass is 9.57. The molecule has 0 saturated carbocycles. The van der Waals surface area contributed by atoms with E-state index in [0.29, 0.717) is 5.92 Å². The van der Waals surface area contributed by atoms with E-state index in [1.54, 1.807) is 6.92 Å². The van der Waals surface area contributed by atoms with Crippen LogP contribution in [0.4, 0.5) is 0 Å². The molecule has 2 rings (SSSR count). The molecule has 0 aromatic carbocycles. The first-order valence-electron chi connectivity index (χ1n) is 6.22. The van der Waals surface area contributed by atoms with Crippen LogP contribution < -0.4 is 0 Å². The minimum absolute atomic E-state index is 0.208. The van der Waals surface area contributed by atoms with Crippen molar-refractivity contribution in [2.24, 2.45) is 16.7 Å². The van der Waals surface area contributed by atoms with Crippen LogP contribution in [-0.4, -0.2) is 37.1 Å². The average molecular weight is 225 g/mol. The topological polar surface area (TPSA) is 29.5 Å². The fourth-order valence-electron chi connectivity index (χ4n) is 3.21. The molecule has 0 radical (unpaired) electrons. The normalized spacial score (nSPS) is 32.0. The lowest BCUT2D eigenvalue weighted by molar-refractivity contribution is -0.200. The first-order valence-corrected chi connectivity index (χ1v) is 6.22. The average Bonchev–Trinajstić information content (AvgIpc) is 2.18. The fourth-order valence-corrected chi connectivity index (χ4v) is 3.21. The Morgan fingerprint density at radius 3 is 2.44 bits per heavy atom. The molecule has 16 heavy (non-hydrogen) atoms. The maximum Gasteiger partial charge on any atom is 0.219 e. The van der Waals surface area contributed by atoms with Crippen molar-refractivity contribution < 1.29 is 9.53 Å². The Bertz CT molecular complexity index is 294. The van der Waals surface area contributed by atoms with Crippen LogP contribution in [0.2, 0.25) is 0 Å². The van der Waals surface area contributed by atoms with Gasteiger partial charge in [0.05, 0.1) is 13.2 Å². The summed E-state index contributed by atoms with van der Waals surface area (Å²) in [6.07, 6.45) is 1.08. The van der Waals surface area contributed by atoms with E-state index in [4.69, 9.17) is 4.74 Å². The van der Waals surface area contributed by atoms with Crippen molar-refractivity contribution in [3.8, 4) is 0 Å². The van der Waals surface area contributed by atoms with Gasteiger partial charge in [0.15, 0.2) is 0 Å². The molecule has 0 bridgehead atoms. The zero-order chi connectivity index (χ0) is 12.0. The van der Waals surface area contributed by atoms with Crippen LogP contribution in [0.5, 0.6) is 0 Å². The molecule has 2 fully saturated rings. The van der Waals surface area contributed by atoms with Crippen molar-refractivity contribution in [3.05, 3.63) is 0 Å². The third-order valence-corrected chi connectivity index (χ3v) is 4.96. The largest absolute Gasteiger partial charge is 0.380 e. The highest BCUT2D eigenvalue weighted by Gasteiger charge is 2.55. The van der Waals surface area contributed by atoms with Gasteiger partial charge in [-0.05, 0) is 17.8 Å². The molecule has 92 valence electrons. The summed E-state index contributed by atoms with van der Waals surface area (Å²) in [4.78, 5) is 13.5. The van der Waals surface area contributed by atoms with Crippen LogP contribution in [0.1, 0.15) is 34.1 Å². The molecule has 2 aliphatic rings. The van der Waals surface area contributed by atoms with Crippen molar-refractivity contribution in [1.82, 2.24) is 4.90 Å². The molecule has 3 heteroatoms. The summed E-state index contributed by atoms with van der Waals surface area (Å²) in [5, 5.41) is 0. The highest BCUT2D eigenvalue weighted by molar-refractivity contribution is 5.73. The van der Waals surface area contributed by atoms with Gasteiger partial charge in [-0.25, -0.2) is 0 Å². The van der Waals surface area contributed by atoms with Crippen LogP contribution in [0.3, 0.4) is 0 Å². The quantitative estimate of drug-likeness (QED) is 0.630. The molecule has 0 N–H and O–H groups in total. The number of ether oxygens (including phenoxy) is 1. The lowest BCUT2D eigenvalue weighted by Gasteiger charge is -2.55. The smallest absolute Gasteiger partial charge is 0.219 e. The van der Waals surface area contributed by atoms with Gasteiger partial charge in [0, 0.05) is 25.4 Å². The van der Waals surface area contributed by atoms with Gasteiger partial charge in [0.1, 0.15) is 0 Å². The monoisotopic (exact) mass is 225 g/mol. The highest BCUT2D eigenvalue weighted by Crippen LogP contribution is 2.53. The Kier molecular flexibility index (Phi) is 2.77. The van der Waals surface area contributed by atoms with Gasteiger partial charge in [0.25, 0.3) is 0 Å². The molecule has 1 atom stereocenters. The number of amides is 1. The van der Waals surface area contributed by atoms with Crippen LogP contribution in [0.25, 0.3) is 0 Å². The first-order chi connectivity index (χ1) is 7.39. The number of likely N-dealkylation sites (tertiary alicyclic amines) is 1. The van der Waals surface area contributed by atoms with E-state index in [2.05, 4.69) is 20.8 Å². The van der Waals surface area contributed by atoms with E-state index in [-0.39, 0.29) is 16.7 Å². The van der Waals surface area contributed by atoms with Gasteiger partial charge >= 0.3 is 0 Å². The van der Waals surface area contributed by atoms with Crippen LogP contribution in [-0.2, 0) is 9.53 Å². The third-order valence-electron chi connectivity index (χ3n) is 4.96. The third kappa shape index (κ3) is 1.56. The van der Waals surface area contributed by atoms with Gasteiger partial charge in [-0.3, -0.25) is 4.79 Å². The number of hydrogen-bond acceptors (Lipinski definition) is 2. The maximum absolute atomic E-state index is 11.5. The van der Waals surface area contributed by atoms with Gasteiger partial charge in [-0.15, -0.1) is 0 Å². The summed E-state index contributed by atoms with van der Waals surface area (Å²) >= 11 is 0. The van der Waals surface area contributed by atoms with Crippen molar-refractivity contribution in [3.63, 3.8) is 0 Å². The molecule has 1 unspecified atom stereocenters. The van der Waals surface area contributed by atoms with E-state index in [0.717, 1.165) is 32.7 Å². The van der Waals surface area contributed by atoms with E-state index >= 15 is 0 Å². The minimum atomic E-state index is 0.208. The van der Waals surface area contributed by atoms with Gasteiger partial charge in [-0.2, -0.15) is 0 Å². The molecule has 2 aliphatic heterocycles. The van der Waals surface area contributed by atoms with Crippen molar-refractivity contribution in [2.45, 2.75) is 34.1 Å². The van der Waals surface area contributed by atoms with E-state index in [1.165, 1.54) is 0 Å². The molecule has 3 nitrogen and oxygen atoms in total. The minimum Gasteiger partial charge on any atom is -0.380 e. The molecule has 1 amide bonds.